The molecule has 1 aliphatic heterocycles. The summed E-state index contributed by atoms with van der Waals surface area (Å²) >= 11 is 0. The largest absolute Gasteiger partial charge is 0.303 e. The van der Waals surface area contributed by atoms with Crippen LogP contribution in [0, 0.1) is 17.8 Å². The van der Waals surface area contributed by atoms with Gasteiger partial charge >= 0.3 is 0 Å². The predicted molar refractivity (Wildman–Crippen MR) is 102 cm³/mol. The van der Waals surface area contributed by atoms with Gasteiger partial charge in [0.05, 0.1) is 0 Å². The van der Waals surface area contributed by atoms with Crippen molar-refractivity contribution in [2.45, 2.75) is 66.2 Å². The molecule has 1 heteroatoms. The molecule has 130 valence electrons. The third-order valence-electron chi connectivity index (χ3n) is 5.72. The van der Waals surface area contributed by atoms with Gasteiger partial charge in [-0.05, 0) is 53.6 Å². The minimum atomic E-state index is 0.296. The summed E-state index contributed by atoms with van der Waals surface area (Å²) < 4.78 is 0. The van der Waals surface area contributed by atoms with E-state index in [1.165, 1.54) is 50.0 Å². The van der Waals surface area contributed by atoms with Crippen LogP contribution in [0.4, 0.5) is 0 Å². The Morgan fingerprint density at radius 1 is 1.09 bits per heavy atom. The smallest absolute Gasteiger partial charge is 0.00104 e. The molecule has 0 radical (unpaired) electrons. The van der Waals surface area contributed by atoms with Gasteiger partial charge in [0.1, 0.15) is 0 Å². The van der Waals surface area contributed by atoms with E-state index in [0.29, 0.717) is 5.41 Å². The van der Waals surface area contributed by atoms with E-state index in [2.05, 4.69) is 70.7 Å². The molecule has 2 rings (SSSR count). The van der Waals surface area contributed by atoms with Crippen molar-refractivity contribution < 1.29 is 0 Å². The van der Waals surface area contributed by atoms with Crippen molar-refractivity contribution in [2.75, 3.05) is 19.6 Å². The topological polar surface area (TPSA) is 3.24 Å². The Balaban J connectivity index is 1.89. The van der Waals surface area contributed by atoms with E-state index in [4.69, 9.17) is 0 Å². The second kappa shape index (κ2) is 7.83. The number of nitrogens with zero attached hydrogens (tertiary/aromatic N) is 1. The highest BCUT2D eigenvalue weighted by Gasteiger charge is 2.23. The van der Waals surface area contributed by atoms with Crippen LogP contribution in [0.5, 0.6) is 0 Å². The summed E-state index contributed by atoms with van der Waals surface area (Å²) in [5.41, 5.74) is 3.26. The van der Waals surface area contributed by atoms with Gasteiger partial charge in [0.25, 0.3) is 0 Å². The lowest BCUT2D eigenvalue weighted by molar-refractivity contribution is 0.125. The molecular weight excluding hydrogens is 278 g/mol. The predicted octanol–water partition coefficient (Wildman–Crippen LogP) is 5.53. The fourth-order valence-corrected chi connectivity index (χ4v) is 4.14. The molecule has 1 nitrogen and oxygen atoms in total. The first-order valence-electron chi connectivity index (χ1n) is 9.62. The maximum Gasteiger partial charge on any atom is 0.00104 e. The van der Waals surface area contributed by atoms with E-state index >= 15 is 0 Å². The van der Waals surface area contributed by atoms with Crippen LogP contribution in [-0.4, -0.2) is 24.5 Å². The fraction of sp³-hybridized carbons (Fsp3) is 0.727. The molecule has 0 bridgehead atoms. The van der Waals surface area contributed by atoms with Crippen molar-refractivity contribution in [3.8, 4) is 0 Å². The van der Waals surface area contributed by atoms with E-state index in [0.717, 1.165) is 17.8 Å². The SMILES string of the molecule is CCC(C)(C)c1ccc(C[C@H](C)CN2CC(C)CC(C)C2)cc1. The lowest BCUT2D eigenvalue weighted by Gasteiger charge is -2.36. The van der Waals surface area contributed by atoms with Crippen molar-refractivity contribution in [2.24, 2.45) is 17.8 Å². The molecule has 0 N–H and O–H groups in total. The van der Waals surface area contributed by atoms with E-state index in [1.807, 2.05) is 0 Å². The molecule has 1 heterocycles. The van der Waals surface area contributed by atoms with Crippen molar-refractivity contribution >= 4 is 0 Å². The third-order valence-corrected chi connectivity index (χ3v) is 5.72. The van der Waals surface area contributed by atoms with E-state index in [1.54, 1.807) is 0 Å². The second-order valence-electron chi connectivity index (χ2n) is 8.91. The Morgan fingerprint density at radius 2 is 1.65 bits per heavy atom. The van der Waals surface area contributed by atoms with Gasteiger partial charge in [-0.3, -0.25) is 0 Å². The van der Waals surface area contributed by atoms with Crippen LogP contribution < -0.4 is 0 Å². The lowest BCUT2D eigenvalue weighted by Crippen LogP contribution is -2.41. The first kappa shape index (κ1) is 18.5. The molecule has 23 heavy (non-hydrogen) atoms. The fourth-order valence-electron chi connectivity index (χ4n) is 4.14. The second-order valence-corrected chi connectivity index (χ2v) is 8.91. The normalized spacial score (nSPS) is 24.6. The van der Waals surface area contributed by atoms with Crippen LogP contribution in [0.15, 0.2) is 24.3 Å². The minimum Gasteiger partial charge on any atom is -0.303 e. The molecule has 0 aliphatic carbocycles. The number of benzene rings is 1. The summed E-state index contributed by atoms with van der Waals surface area (Å²) in [6.07, 6.45) is 3.79. The van der Waals surface area contributed by atoms with E-state index in [-0.39, 0.29) is 0 Å². The Bertz CT molecular complexity index is 463. The molecular formula is C22H37N. The summed E-state index contributed by atoms with van der Waals surface area (Å²) in [6.45, 7) is 18.0. The molecule has 1 fully saturated rings. The maximum atomic E-state index is 2.69. The standard InChI is InChI=1S/C22H37N/c1-7-22(5,6)21-10-8-20(9-11-21)13-19(4)16-23-14-17(2)12-18(3)15-23/h8-11,17-19H,7,12-16H2,1-6H3/t17?,18?,19-/m0/s1. The first-order chi connectivity index (χ1) is 10.8. The molecule has 3 atom stereocenters. The molecule has 1 saturated heterocycles. The highest BCUT2D eigenvalue weighted by molar-refractivity contribution is 5.28. The molecule has 1 aromatic rings. The average molecular weight is 316 g/mol. The first-order valence-corrected chi connectivity index (χ1v) is 9.62. The van der Waals surface area contributed by atoms with Crippen molar-refractivity contribution in [3.05, 3.63) is 35.4 Å². The number of likely N-dealkylation sites (tertiary alicyclic amines) is 1. The third kappa shape index (κ3) is 5.35. The summed E-state index contributed by atoms with van der Waals surface area (Å²) in [6, 6.07) is 9.39. The monoisotopic (exact) mass is 315 g/mol. The maximum absolute atomic E-state index is 2.69. The molecule has 0 spiro atoms. The summed E-state index contributed by atoms with van der Waals surface area (Å²) in [4.78, 5) is 2.69. The molecule has 1 aromatic carbocycles. The van der Waals surface area contributed by atoms with Crippen LogP contribution in [0.3, 0.4) is 0 Å². The highest BCUT2D eigenvalue weighted by atomic mass is 15.1. The zero-order valence-electron chi connectivity index (χ0n) is 16.2. The van der Waals surface area contributed by atoms with Gasteiger partial charge in [-0.1, -0.05) is 65.8 Å². The van der Waals surface area contributed by atoms with Gasteiger partial charge in [0.2, 0.25) is 0 Å². The van der Waals surface area contributed by atoms with Crippen LogP contribution >= 0.6 is 0 Å². The minimum absolute atomic E-state index is 0.296. The van der Waals surface area contributed by atoms with Gasteiger partial charge in [-0.15, -0.1) is 0 Å². The van der Waals surface area contributed by atoms with Gasteiger partial charge < -0.3 is 4.90 Å². The Morgan fingerprint density at radius 3 is 2.17 bits per heavy atom. The van der Waals surface area contributed by atoms with Gasteiger partial charge in [0, 0.05) is 19.6 Å². The molecule has 0 aromatic heterocycles. The highest BCUT2D eigenvalue weighted by Crippen LogP contribution is 2.27. The Hall–Kier alpha value is -0.820. The zero-order valence-corrected chi connectivity index (χ0v) is 16.2. The Labute approximate surface area is 144 Å². The molecule has 2 unspecified atom stereocenters. The number of piperidine rings is 1. The van der Waals surface area contributed by atoms with Crippen LogP contribution in [0.25, 0.3) is 0 Å². The summed E-state index contributed by atoms with van der Waals surface area (Å²) in [7, 11) is 0. The lowest BCUT2D eigenvalue weighted by atomic mass is 9.82. The van der Waals surface area contributed by atoms with Gasteiger partial charge in [0.15, 0.2) is 0 Å². The molecule has 0 saturated carbocycles. The molecule has 0 amide bonds. The average Bonchev–Trinajstić information content (AvgIpc) is 2.46. The van der Waals surface area contributed by atoms with Crippen molar-refractivity contribution in [1.29, 1.82) is 0 Å². The van der Waals surface area contributed by atoms with E-state index in [9.17, 15) is 0 Å². The summed E-state index contributed by atoms with van der Waals surface area (Å²) in [5.74, 6) is 2.46. The quantitative estimate of drug-likeness (QED) is 0.667. The van der Waals surface area contributed by atoms with Crippen molar-refractivity contribution in [1.82, 2.24) is 4.90 Å². The number of rotatable bonds is 6. The summed E-state index contributed by atoms with van der Waals surface area (Å²) in [5, 5.41) is 0. The van der Waals surface area contributed by atoms with Gasteiger partial charge in [-0.2, -0.15) is 0 Å². The van der Waals surface area contributed by atoms with Crippen LogP contribution in [0.2, 0.25) is 0 Å². The van der Waals surface area contributed by atoms with Crippen LogP contribution in [0.1, 0.15) is 65.5 Å². The van der Waals surface area contributed by atoms with E-state index < -0.39 is 0 Å². The Kier molecular flexibility index (Phi) is 6.31. The number of hydrogen-bond acceptors (Lipinski definition) is 1. The molecule has 1 aliphatic rings. The van der Waals surface area contributed by atoms with Crippen LogP contribution in [-0.2, 0) is 11.8 Å². The van der Waals surface area contributed by atoms with Crippen molar-refractivity contribution in [3.63, 3.8) is 0 Å². The van der Waals surface area contributed by atoms with Gasteiger partial charge in [-0.25, -0.2) is 0 Å². The zero-order chi connectivity index (χ0) is 17.0. The number of hydrogen-bond donors (Lipinski definition) is 0.